The molecule has 0 spiro atoms. The molecule has 0 amide bonds. The number of hydrogen-bond donors (Lipinski definition) is 1. The lowest BCUT2D eigenvalue weighted by Crippen LogP contribution is -2.41. The van der Waals surface area contributed by atoms with Gasteiger partial charge in [-0.05, 0) is 75.8 Å². The molecule has 0 atom stereocenters. The smallest absolute Gasteiger partial charge is 0.0371 e. The van der Waals surface area contributed by atoms with Crippen LogP contribution in [0.25, 0.3) is 0 Å². The highest BCUT2D eigenvalue weighted by atomic mass is 15.1. The largest absolute Gasteiger partial charge is 0.372 e. The minimum Gasteiger partial charge on any atom is -0.372 e. The summed E-state index contributed by atoms with van der Waals surface area (Å²) in [6.07, 6.45) is 6.50. The monoisotopic (exact) mass is 274 g/mol. The molecule has 0 aromatic heterocycles. The van der Waals surface area contributed by atoms with Gasteiger partial charge in [0.15, 0.2) is 0 Å². The molecule has 1 aliphatic rings. The van der Waals surface area contributed by atoms with Gasteiger partial charge in [0.05, 0.1) is 0 Å². The Hall–Kier alpha value is -1.02. The van der Waals surface area contributed by atoms with E-state index in [2.05, 4.69) is 56.2 Å². The number of hydrogen-bond acceptors (Lipinski definition) is 2. The molecular formula is C18H30N2. The average molecular weight is 274 g/mol. The summed E-state index contributed by atoms with van der Waals surface area (Å²) in [6.45, 7) is 7.79. The second-order valence-electron chi connectivity index (χ2n) is 6.42. The highest BCUT2D eigenvalue weighted by Crippen LogP contribution is 2.27. The molecule has 1 saturated carbocycles. The van der Waals surface area contributed by atoms with E-state index in [4.69, 9.17) is 0 Å². The standard InChI is InChI=1S/C18H30N2/c1-5-10-19-16-6-8-17(9-7-16)20(4)18-12-14(2)11-15(3)13-18/h11-13,16-17,19H,5-10H2,1-4H3. The Labute approximate surface area is 124 Å². The Balaban J connectivity index is 1.92. The predicted octanol–water partition coefficient (Wildman–Crippen LogP) is 4.05. The maximum absolute atomic E-state index is 3.67. The number of rotatable bonds is 5. The Kier molecular flexibility index (Phi) is 5.47. The summed E-state index contributed by atoms with van der Waals surface area (Å²) in [7, 11) is 2.26. The van der Waals surface area contributed by atoms with E-state index in [-0.39, 0.29) is 0 Å². The van der Waals surface area contributed by atoms with Gasteiger partial charge >= 0.3 is 0 Å². The first-order valence-electron chi connectivity index (χ1n) is 8.14. The molecular weight excluding hydrogens is 244 g/mol. The molecule has 1 aliphatic carbocycles. The zero-order valence-electron chi connectivity index (χ0n) is 13.6. The SMILES string of the molecule is CCCNC1CCC(N(C)c2cc(C)cc(C)c2)CC1. The molecule has 0 aliphatic heterocycles. The van der Waals surface area contributed by atoms with Crippen molar-refractivity contribution < 1.29 is 0 Å². The molecule has 1 aromatic carbocycles. The molecule has 2 rings (SSSR count). The third-order valence-electron chi connectivity index (χ3n) is 4.54. The van der Waals surface area contributed by atoms with Crippen molar-refractivity contribution in [1.29, 1.82) is 0 Å². The average Bonchev–Trinajstić information content (AvgIpc) is 2.44. The summed E-state index contributed by atoms with van der Waals surface area (Å²) < 4.78 is 0. The minimum atomic E-state index is 0.705. The molecule has 2 heteroatoms. The molecule has 0 bridgehead atoms. The van der Waals surface area contributed by atoms with Crippen LogP contribution in [-0.2, 0) is 0 Å². The van der Waals surface area contributed by atoms with E-state index in [0.29, 0.717) is 6.04 Å². The molecule has 0 unspecified atom stereocenters. The van der Waals surface area contributed by atoms with Gasteiger partial charge in [-0.1, -0.05) is 13.0 Å². The fourth-order valence-corrected chi connectivity index (χ4v) is 3.38. The maximum atomic E-state index is 3.67. The summed E-state index contributed by atoms with van der Waals surface area (Å²) in [5, 5.41) is 3.67. The molecule has 20 heavy (non-hydrogen) atoms. The van der Waals surface area contributed by atoms with Gasteiger partial charge in [0, 0.05) is 24.8 Å². The van der Waals surface area contributed by atoms with Crippen molar-refractivity contribution in [2.45, 2.75) is 65.0 Å². The van der Waals surface area contributed by atoms with E-state index in [9.17, 15) is 0 Å². The van der Waals surface area contributed by atoms with Gasteiger partial charge in [0.2, 0.25) is 0 Å². The van der Waals surface area contributed by atoms with Gasteiger partial charge < -0.3 is 10.2 Å². The van der Waals surface area contributed by atoms with E-state index < -0.39 is 0 Å². The Morgan fingerprint density at radius 2 is 1.65 bits per heavy atom. The molecule has 0 radical (unpaired) electrons. The van der Waals surface area contributed by atoms with E-state index >= 15 is 0 Å². The van der Waals surface area contributed by atoms with Crippen LogP contribution in [0.4, 0.5) is 5.69 Å². The van der Waals surface area contributed by atoms with Crippen LogP contribution in [0, 0.1) is 13.8 Å². The first kappa shape index (κ1) is 15.4. The minimum absolute atomic E-state index is 0.705. The van der Waals surface area contributed by atoms with Crippen molar-refractivity contribution in [3.8, 4) is 0 Å². The van der Waals surface area contributed by atoms with E-state index in [0.717, 1.165) is 6.04 Å². The number of benzene rings is 1. The van der Waals surface area contributed by atoms with Gasteiger partial charge in [-0.3, -0.25) is 0 Å². The second-order valence-corrected chi connectivity index (χ2v) is 6.42. The number of nitrogens with one attached hydrogen (secondary N) is 1. The van der Waals surface area contributed by atoms with Crippen LogP contribution in [0.2, 0.25) is 0 Å². The van der Waals surface area contributed by atoms with Gasteiger partial charge in [-0.25, -0.2) is 0 Å². The highest BCUT2D eigenvalue weighted by Gasteiger charge is 2.23. The third kappa shape index (κ3) is 3.99. The van der Waals surface area contributed by atoms with Crippen molar-refractivity contribution in [2.75, 3.05) is 18.5 Å². The fraction of sp³-hybridized carbons (Fsp3) is 0.667. The normalized spacial score (nSPS) is 22.8. The third-order valence-corrected chi connectivity index (χ3v) is 4.54. The number of aryl methyl sites for hydroxylation is 2. The zero-order valence-corrected chi connectivity index (χ0v) is 13.6. The predicted molar refractivity (Wildman–Crippen MR) is 88.7 cm³/mol. The second kappa shape index (κ2) is 7.12. The highest BCUT2D eigenvalue weighted by molar-refractivity contribution is 5.51. The van der Waals surface area contributed by atoms with Crippen molar-refractivity contribution in [2.24, 2.45) is 0 Å². The van der Waals surface area contributed by atoms with Gasteiger partial charge in [0.1, 0.15) is 0 Å². The topological polar surface area (TPSA) is 15.3 Å². The molecule has 0 heterocycles. The van der Waals surface area contributed by atoms with Gasteiger partial charge in [-0.15, -0.1) is 0 Å². The first-order valence-corrected chi connectivity index (χ1v) is 8.14. The molecule has 1 aromatic rings. The van der Waals surface area contributed by atoms with Gasteiger partial charge in [-0.2, -0.15) is 0 Å². The van der Waals surface area contributed by atoms with Crippen LogP contribution in [0.15, 0.2) is 18.2 Å². The summed E-state index contributed by atoms with van der Waals surface area (Å²) in [4.78, 5) is 2.50. The van der Waals surface area contributed by atoms with E-state index in [1.165, 1.54) is 55.5 Å². The van der Waals surface area contributed by atoms with Crippen molar-refractivity contribution in [3.63, 3.8) is 0 Å². The Morgan fingerprint density at radius 3 is 2.20 bits per heavy atom. The lowest BCUT2D eigenvalue weighted by molar-refractivity contribution is 0.337. The Bertz CT molecular complexity index is 399. The summed E-state index contributed by atoms with van der Waals surface area (Å²) in [5.74, 6) is 0. The molecule has 2 nitrogen and oxygen atoms in total. The van der Waals surface area contributed by atoms with Crippen molar-refractivity contribution in [3.05, 3.63) is 29.3 Å². The van der Waals surface area contributed by atoms with Crippen LogP contribution in [0.3, 0.4) is 0 Å². The lowest BCUT2D eigenvalue weighted by Gasteiger charge is -2.36. The molecule has 0 saturated heterocycles. The van der Waals surface area contributed by atoms with Crippen LogP contribution in [0.5, 0.6) is 0 Å². The number of nitrogens with zero attached hydrogens (tertiary/aromatic N) is 1. The van der Waals surface area contributed by atoms with Crippen LogP contribution >= 0.6 is 0 Å². The van der Waals surface area contributed by atoms with E-state index in [1.807, 2.05) is 0 Å². The quantitative estimate of drug-likeness (QED) is 0.871. The zero-order chi connectivity index (χ0) is 14.5. The first-order chi connectivity index (χ1) is 9.60. The summed E-state index contributed by atoms with van der Waals surface area (Å²) >= 11 is 0. The maximum Gasteiger partial charge on any atom is 0.0371 e. The van der Waals surface area contributed by atoms with E-state index in [1.54, 1.807) is 0 Å². The van der Waals surface area contributed by atoms with Crippen molar-refractivity contribution in [1.82, 2.24) is 5.32 Å². The molecule has 1 N–H and O–H groups in total. The lowest BCUT2D eigenvalue weighted by atomic mass is 9.90. The van der Waals surface area contributed by atoms with Crippen LogP contribution in [0.1, 0.15) is 50.2 Å². The molecule has 112 valence electrons. The molecule has 1 fully saturated rings. The van der Waals surface area contributed by atoms with Crippen LogP contribution in [-0.4, -0.2) is 25.7 Å². The van der Waals surface area contributed by atoms with Crippen molar-refractivity contribution >= 4 is 5.69 Å². The fourth-order valence-electron chi connectivity index (χ4n) is 3.38. The number of anilines is 1. The van der Waals surface area contributed by atoms with Gasteiger partial charge in [0.25, 0.3) is 0 Å². The summed E-state index contributed by atoms with van der Waals surface area (Å²) in [5.41, 5.74) is 4.11. The Morgan fingerprint density at radius 1 is 1.05 bits per heavy atom. The van der Waals surface area contributed by atoms with Crippen LogP contribution < -0.4 is 10.2 Å². The summed E-state index contributed by atoms with van der Waals surface area (Å²) in [6, 6.07) is 8.33.